The van der Waals surface area contributed by atoms with Crippen LogP contribution in [0.4, 0.5) is 10.2 Å². The van der Waals surface area contributed by atoms with Gasteiger partial charge in [0.15, 0.2) is 11.6 Å². The molecule has 0 saturated carbocycles. The molecule has 1 aromatic heterocycles. The zero-order valence-electron chi connectivity index (χ0n) is 7.64. The molecule has 72 valence electrons. The Kier molecular flexibility index (Phi) is 3.08. The minimum absolute atomic E-state index is 0.264. The van der Waals surface area contributed by atoms with Gasteiger partial charge in [0.05, 0.1) is 11.6 Å². The van der Waals surface area contributed by atoms with Crippen LogP contribution in [0.15, 0.2) is 10.5 Å². The van der Waals surface area contributed by atoms with Crippen LogP contribution in [0.1, 0.15) is 0 Å². The lowest BCUT2D eigenvalue weighted by atomic mass is 10.4. The van der Waals surface area contributed by atoms with Crippen LogP contribution in [0.5, 0.6) is 5.88 Å². The molecule has 1 rings (SSSR count). The normalized spacial score (nSPS) is 9.92. The van der Waals surface area contributed by atoms with Crippen molar-refractivity contribution in [3.63, 3.8) is 0 Å². The van der Waals surface area contributed by atoms with Gasteiger partial charge in [-0.3, -0.25) is 0 Å². The van der Waals surface area contributed by atoms with Crippen molar-refractivity contribution in [3.05, 3.63) is 16.4 Å². The molecule has 0 unspecified atom stereocenters. The molecule has 0 spiro atoms. The summed E-state index contributed by atoms with van der Waals surface area (Å²) in [5, 5.41) is 0. The average Bonchev–Trinajstić information content (AvgIpc) is 2.03. The summed E-state index contributed by atoms with van der Waals surface area (Å²) in [4.78, 5) is 5.56. The number of aromatic nitrogens is 1. The van der Waals surface area contributed by atoms with Crippen LogP contribution < -0.4 is 9.64 Å². The van der Waals surface area contributed by atoms with Gasteiger partial charge in [0.25, 0.3) is 0 Å². The maximum absolute atomic E-state index is 13.2. The third-order valence-electron chi connectivity index (χ3n) is 1.50. The Morgan fingerprint density at radius 1 is 1.54 bits per heavy atom. The van der Waals surface area contributed by atoms with E-state index in [-0.39, 0.29) is 11.6 Å². The van der Waals surface area contributed by atoms with Gasteiger partial charge in [0.1, 0.15) is 0 Å². The quantitative estimate of drug-likeness (QED) is 0.802. The lowest BCUT2D eigenvalue weighted by Crippen LogP contribution is -2.13. The van der Waals surface area contributed by atoms with Gasteiger partial charge in [0.2, 0.25) is 5.88 Å². The lowest BCUT2D eigenvalue weighted by molar-refractivity contribution is 0.393. The molecule has 0 N–H and O–H groups in total. The first kappa shape index (κ1) is 10.2. The van der Waals surface area contributed by atoms with Crippen LogP contribution in [-0.4, -0.2) is 26.2 Å². The number of nitrogens with zero attached hydrogens (tertiary/aromatic N) is 2. The van der Waals surface area contributed by atoms with E-state index in [2.05, 4.69) is 20.9 Å². The number of methoxy groups -OCH3 is 1. The Morgan fingerprint density at radius 3 is 2.62 bits per heavy atom. The van der Waals surface area contributed by atoms with Crippen LogP contribution in [0.2, 0.25) is 0 Å². The summed E-state index contributed by atoms with van der Waals surface area (Å²) >= 11 is 3.14. The predicted molar refractivity (Wildman–Crippen MR) is 52.8 cm³/mol. The second-order valence-corrected chi connectivity index (χ2v) is 3.53. The van der Waals surface area contributed by atoms with E-state index < -0.39 is 0 Å². The maximum atomic E-state index is 13.2. The SMILES string of the molecule is COc1nc(N(C)C)c(F)cc1Br. The summed E-state index contributed by atoms with van der Waals surface area (Å²) in [6.07, 6.45) is 0. The van der Waals surface area contributed by atoms with E-state index in [0.717, 1.165) is 0 Å². The molecule has 0 atom stereocenters. The second kappa shape index (κ2) is 3.91. The Hall–Kier alpha value is -0.840. The first-order valence-corrected chi connectivity index (χ1v) is 4.43. The molecule has 3 nitrogen and oxygen atoms in total. The highest BCUT2D eigenvalue weighted by molar-refractivity contribution is 9.10. The van der Waals surface area contributed by atoms with E-state index in [9.17, 15) is 4.39 Å². The third-order valence-corrected chi connectivity index (χ3v) is 2.06. The molecule has 0 aliphatic carbocycles. The topological polar surface area (TPSA) is 25.4 Å². The van der Waals surface area contributed by atoms with Crippen molar-refractivity contribution in [2.75, 3.05) is 26.1 Å². The van der Waals surface area contributed by atoms with E-state index in [1.807, 2.05) is 0 Å². The first-order valence-electron chi connectivity index (χ1n) is 3.63. The van der Waals surface area contributed by atoms with Crippen molar-refractivity contribution in [1.82, 2.24) is 4.98 Å². The van der Waals surface area contributed by atoms with E-state index >= 15 is 0 Å². The van der Waals surface area contributed by atoms with Crippen molar-refractivity contribution in [2.45, 2.75) is 0 Å². The van der Waals surface area contributed by atoms with Crippen molar-refractivity contribution in [2.24, 2.45) is 0 Å². The predicted octanol–water partition coefficient (Wildman–Crippen LogP) is 2.06. The summed E-state index contributed by atoms with van der Waals surface area (Å²) in [7, 11) is 4.93. The van der Waals surface area contributed by atoms with Gasteiger partial charge in [-0.15, -0.1) is 0 Å². The van der Waals surface area contributed by atoms with E-state index in [1.54, 1.807) is 19.0 Å². The molecule has 0 aliphatic rings. The Morgan fingerprint density at radius 2 is 2.15 bits per heavy atom. The maximum Gasteiger partial charge on any atom is 0.229 e. The second-order valence-electron chi connectivity index (χ2n) is 2.68. The number of halogens is 2. The van der Waals surface area contributed by atoms with Gasteiger partial charge < -0.3 is 9.64 Å². The molecule has 0 aliphatic heterocycles. The number of rotatable bonds is 2. The first-order chi connectivity index (χ1) is 6.06. The molecule has 1 aromatic rings. The van der Waals surface area contributed by atoms with E-state index in [1.165, 1.54) is 13.2 Å². The summed E-state index contributed by atoms with van der Waals surface area (Å²) in [5.41, 5.74) is 0. The standard InChI is InChI=1S/C8H10BrFN2O/c1-12(2)7-6(10)4-5(9)8(11-7)13-3/h4H,1-3H3. The lowest BCUT2D eigenvalue weighted by Gasteiger charge is -2.13. The minimum Gasteiger partial charge on any atom is -0.480 e. The van der Waals surface area contributed by atoms with Crippen LogP contribution in [0.3, 0.4) is 0 Å². The number of hydrogen-bond donors (Lipinski definition) is 0. The van der Waals surface area contributed by atoms with Gasteiger partial charge in [-0.05, 0) is 22.0 Å². The summed E-state index contributed by atoms with van der Waals surface area (Å²) in [6, 6.07) is 1.33. The van der Waals surface area contributed by atoms with E-state index in [0.29, 0.717) is 10.4 Å². The highest BCUT2D eigenvalue weighted by Crippen LogP contribution is 2.27. The zero-order valence-corrected chi connectivity index (χ0v) is 9.22. The fourth-order valence-electron chi connectivity index (χ4n) is 0.897. The van der Waals surface area contributed by atoms with Crippen molar-refractivity contribution >= 4 is 21.7 Å². The number of hydrogen-bond acceptors (Lipinski definition) is 3. The van der Waals surface area contributed by atoms with Crippen LogP contribution in [0, 0.1) is 5.82 Å². The average molecular weight is 249 g/mol. The van der Waals surface area contributed by atoms with Crippen molar-refractivity contribution in [3.8, 4) is 5.88 Å². The summed E-state index contributed by atoms with van der Waals surface area (Å²) < 4.78 is 18.7. The molecule has 5 heteroatoms. The highest BCUT2D eigenvalue weighted by Gasteiger charge is 2.11. The van der Waals surface area contributed by atoms with Gasteiger partial charge in [-0.2, -0.15) is 4.98 Å². The third kappa shape index (κ3) is 2.09. The molecule has 0 radical (unpaired) electrons. The van der Waals surface area contributed by atoms with Crippen LogP contribution >= 0.6 is 15.9 Å². The number of anilines is 1. The van der Waals surface area contributed by atoms with Gasteiger partial charge in [0, 0.05) is 14.1 Å². The van der Waals surface area contributed by atoms with Crippen LogP contribution in [-0.2, 0) is 0 Å². The smallest absolute Gasteiger partial charge is 0.229 e. The van der Waals surface area contributed by atoms with Crippen molar-refractivity contribution in [1.29, 1.82) is 0 Å². The summed E-state index contributed by atoms with van der Waals surface area (Å²) in [5.74, 6) is 0.267. The van der Waals surface area contributed by atoms with Gasteiger partial charge in [-0.25, -0.2) is 4.39 Å². The fraction of sp³-hybridized carbons (Fsp3) is 0.375. The number of ether oxygens (including phenoxy) is 1. The Balaban J connectivity index is 3.22. The summed E-state index contributed by atoms with van der Waals surface area (Å²) in [6.45, 7) is 0. The minimum atomic E-state index is -0.377. The largest absolute Gasteiger partial charge is 0.480 e. The molecule has 0 aromatic carbocycles. The molecular weight excluding hydrogens is 239 g/mol. The highest BCUT2D eigenvalue weighted by atomic mass is 79.9. The number of pyridine rings is 1. The Bertz CT molecular complexity index is 317. The Labute approximate surface area is 84.7 Å². The van der Waals surface area contributed by atoms with E-state index in [4.69, 9.17) is 4.74 Å². The van der Waals surface area contributed by atoms with Gasteiger partial charge in [-0.1, -0.05) is 0 Å². The molecule has 1 heterocycles. The molecule has 13 heavy (non-hydrogen) atoms. The molecular formula is C8H10BrFN2O. The monoisotopic (exact) mass is 248 g/mol. The molecule has 0 amide bonds. The fourth-order valence-corrected chi connectivity index (χ4v) is 1.35. The molecule has 0 saturated heterocycles. The molecule has 0 bridgehead atoms. The van der Waals surface area contributed by atoms with Crippen molar-refractivity contribution < 1.29 is 9.13 Å². The zero-order chi connectivity index (χ0) is 10.0. The van der Waals surface area contributed by atoms with Gasteiger partial charge >= 0.3 is 0 Å². The van der Waals surface area contributed by atoms with Crippen LogP contribution in [0.25, 0.3) is 0 Å². The molecule has 0 fully saturated rings.